The smallest absolute Gasteiger partial charge is 0.221 e. The van der Waals surface area contributed by atoms with Gasteiger partial charge in [-0.25, -0.2) is 27.1 Å². The van der Waals surface area contributed by atoms with Crippen molar-refractivity contribution in [3.8, 4) is 11.5 Å². The fraction of sp³-hybridized carbons (Fsp3) is 0.571. The van der Waals surface area contributed by atoms with Gasteiger partial charge < -0.3 is 15.0 Å². The van der Waals surface area contributed by atoms with Crippen LogP contribution in [0, 0.1) is 11.7 Å². The fourth-order valence-electron chi connectivity index (χ4n) is 4.15. The van der Waals surface area contributed by atoms with E-state index in [9.17, 15) is 17.6 Å². The number of H-pyrrole nitrogens is 1. The van der Waals surface area contributed by atoms with Crippen LogP contribution in [-0.2, 0) is 19.6 Å². The normalized spacial score (nSPS) is 23.8. The van der Waals surface area contributed by atoms with Crippen molar-refractivity contribution in [3.05, 3.63) is 35.0 Å². The van der Waals surface area contributed by atoms with Crippen LogP contribution in [0.15, 0.2) is 18.3 Å². The summed E-state index contributed by atoms with van der Waals surface area (Å²) in [6.45, 7) is 3.74. The lowest BCUT2D eigenvalue weighted by Crippen LogP contribution is -2.44. The van der Waals surface area contributed by atoms with Crippen molar-refractivity contribution in [2.24, 2.45) is 5.92 Å². The summed E-state index contributed by atoms with van der Waals surface area (Å²) in [6, 6.07) is 2.81. The number of piperidine rings is 1. The van der Waals surface area contributed by atoms with Gasteiger partial charge in [0.25, 0.3) is 0 Å². The summed E-state index contributed by atoms with van der Waals surface area (Å²) in [7, 11) is -3.56. The number of nitrogens with zero attached hydrogens (tertiary/aromatic N) is 3. The molecule has 2 aromatic heterocycles. The number of aromatic amines is 1. The molecule has 12 heteroatoms. The topological polar surface area (TPSA) is 117 Å². The monoisotopic (exact) mass is 499 g/mol. The molecule has 0 aliphatic carbocycles. The summed E-state index contributed by atoms with van der Waals surface area (Å²) < 4.78 is 45.4. The number of rotatable bonds is 8. The van der Waals surface area contributed by atoms with E-state index in [1.54, 1.807) is 0 Å². The highest BCUT2D eigenvalue weighted by Crippen LogP contribution is 2.37. The molecule has 2 fully saturated rings. The van der Waals surface area contributed by atoms with Crippen LogP contribution in [0.2, 0.25) is 5.15 Å². The number of carbonyl (C=O) groups excluding carboxylic acids is 1. The molecular formula is C21H27ClFN5O4S. The SMILES string of the molecule is C[C@H]1CN(S(=O)(=O)CCC(=O)NC[C@@H]2CCO2)CC[C@H]1c1[nH]c(-c2ccc(F)cn2)nc1Cl. The van der Waals surface area contributed by atoms with Gasteiger partial charge in [-0.05, 0) is 30.9 Å². The van der Waals surface area contributed by atoms with Crippen molar-refractivity contribution < 1.29 is 22.3 Å². The number of aromatic nitrogens is 3. The van der Waals surface area contributed by atoms with E-state index < -0.39 is 15.8 Å². The Balaban J connectivity index is 1.34. The maximum atomic E-state index is 13.1. The second kappa shape index (κ2) is 10.0. The van der Waals surface area contributed by atoms with Crippen LogP contribution in [0.25, 0.3) is 11.5 Å². The first kappa shape index (κ1) is 24.1. The van der Waals surface area contributed by atoms with Gasteiger partial charge in [-0.2, -0.15) is 0 Å². The minimum absolute atomic E-state index is 0.0172. The molecule has 180 valence electrons. The van der Waals surface area contributed by atoms with Gasteiger partial charge in [0.2, 0.25) is 15.9 Å². The molecule has 3 atom stereocenters. The van der Waals surface area contributed by atoms with Crippen LogP contribution >= 0.6 is 11.6 Å². The second-order valence-electron chi connectivity index (χ2n) is 8.53. The summed E-state index contributed by atoms with van der Waals surface area (Å²) in [5.74, 6) is -0.559. The van der Waals surface area contributed by atoms with E-state index in [1.165, 1.54) is 16.4 Å². The number of imidazole rings is 1. The molecule has 2 aliphatic rings. The Morgan fingerprint density at radius 2 is 2.18 bits per heavy atom. The minimum atomic E-state index is -3.56. The zero-order chi connectivity index (χ0) is 23.6. The molecule has 0 aromatic carbocycles. The van der Waals surface area contributed by atoms with Crippen LogP contribution in [0.3, 0.4) is 0 Å². The molecule has 0 bridgehead atoms. The number of amides is 1. The summed E-state index contributed by atoms with van der Waals surface area (Å²) >= 11 is 6.37. The van der Waals surface area contributed by atoms with E-state index in [4.69, 9.17) is 16.3 Å². The first-order valence-electron chi connectivity index (χ1n) is 11.0. The Labute approximate surface area is 197 Å². The molecular weight excluding hydrogens is 473 g/mol. The quantitative estimate of drug-likeness (QED) is 0.575. The van der Waals surface area contributed by atoms with Crippen molar-refractivity contribution in [3.63, 3.8) is 0 Å². The molecule has 33 heavy (non-hydrogen) atoms. The Morgan fingerprint density at radius 3 is 2.82 bits per heavy atom. The molecule has 1 amide bonds. The molecule has 2 saturated heterocycles. The molecule has 0 unspecified atom stereocenters. The van der Waals surface area contributed by atoms with Gasteiger partial charge in [-0.15, -0.1) is 0 Å². The summed E-state index contributed by atoms with van der Waals surface area (Å²) in [6.07, 6.45) is 2.54. The van der Waals surface area contributed by atoms with Crippen molar-refractivity contribution in [1.29, 1.82) is 0 Å². The first-order valence-corrected chi connectivity index (χ1v) is 12.9. The molecule has 4 heterocycles. The predicted molar refractivity (Wildman–Crippen MR) is 121 cm³/mol. The third kappa shape index (κ3) is 5.71. The summed E-state index contributed by atoms with van der Waals surface area (Å²) in [4.78, 5) is 23.5. The maximum Gasteiger partial charge on any atom is 0.221 e. The molecule has 0 saturated carbocycles. The lowest BCUT2D eigenvalue weighted by atomic mass is 9.86. The first-order chi connectivity index (χ1) is 15.7. The Morgan fingerprint density at radius 1 is 1.39 bits per heavy atom. The van der Waals surface area contributed by atoms with E-state index >= 15 is 0 Å². The van der Waals surface area contributed by atoms with E-state index in [0.717, 1.165) is 18.3 Å². The van der Waals surface area contributed by atoms with Crippen molar-refractivity contribution in [2.45, 2.75) is 38.2 Å². The summed E-state index contributed by atoms with van der Waals surface area (Å²) in [5.41, 5.74) is 1.19. The zero-order valence-corrected chi connectivity index (χ0v) is 19.8. The Bertz CT molecular complexity index is 1090. The van der Waals surface area contributed by atoms with Gasteiger partial charge in [0.1, 0.15) is 11.5 Å². The number of hydrogen-bond acceptors (Lipinski definition) is 6. The molecule has 2 aliphatic heterocycles. The molecule has 4 rings (SSSR count). The highest BCUT2D eigenvalue weighted by Gasteiger charge is 2.35. The van der Waals surface area contributed by atoms with Gasteiger partial charge in [-0.1, -0.05) is 18.5 Å². The van der Waals surface area contributed by atoms with Crippen LogP contribution in [0.5, 0.6) is 0 Å². The summed E-state index contributed by atoms with van der Waals surface area (Å²) in [5, 5.41) is 3.03. The lowest BCUT2D eigenvalue weighted by Gasteiger charge is -2.35. The lowest BCUT2D eigenvalue weighted by molar-refractivity contribution is -0.122. The van der Waals surface area contributed by atoms with Gasteiger partial charge in [-0.3, -0.25) is 4.79 Å². The van der Waals surface area contributed by atoms with Gasteiger partial charge >= 0.3 is 0 Å². The number of carbonyl (C=O) groups is 1. The van der Waals surface area contributed by atoms with Crippen molar-refractivity contribution in [1.82, 2.24) is 24.6 Å². The van der Waals surface area contributed by atoms with E-state index in [1.807, 2.05) is 6.92 Å². The average molecular weight is 500 g/mol. The standard InChI is InChI=1S/C21H27ClFN5O4S/c1-13-12-28(33(30,31)9-6-18(29)25-11-15-5-8-32-15)7-4-16(13)19-20(22)27-21(26-19)17-3-2-14(23)10-24-17/h2-3,10,13,15-16H,4-9,11-12H2,1H3,(H,25,29)(H,26,27)/t13-,15-,16+/m0/s1. The number of halogens is 2. The third-order valence-corrected chi connectivity index (χ3v) is 8.32. The molecule has 0 radical (unpaired) electrons. The zero-order valence-electron chi connectivity index (χ0n) is 18.3. The van der Waals surface area contributed by atoms with E-state index in [2.05, 4.69) is 20.3 Å². The number of nitrogens with one attached hydrogen (secondary N) is 2. The Kier molecular flexibility index (Phi) is 7.32. The van der Waals surface area contributed by atoms with Crippen LogP contribution in [0.4, 0.5) is 4.39 Å². The van der Waals surface area contributed by atoms with Gasteiger partial charge in [0.15, 0.2) is 11.0 Å². The maximum absolute atomic E-state index is 13.1. The van der Waals surface area contributed by atoms with Crippen LogP contribution in [-0.4, -0.2) is 71.7 Å². The van der Waals surface area contributed by atoms with E-state index in [0.29, 0.717) is 49.3 Å². The molecule has 2 aromatic rings. The van der Waals surface area contributed by atoms with Crippen LogP contribution in [0.1, 0.15) is 37.8 Å². The highest BCUT2D eigenvalue weighted by molar-refractivity contribution is 7.89. The minimum Gasteiger partial charge on any atom is -0.376 e. The Hall–Kier alpha value is -2.08. The second-order valence-corrected chi connectivity index (χ2v) is 11.0. The van der Waals surface area contributed by atoms with Gasteiger partial charge in [0.05, 0.1) is 23.7 Å². The number of ether oxygens (including phenoxy) is 1. The number of pyridine rings is 1. The van der Waals surface area contributed by atoms with Crippen molar-refractivity contribution in [2.75, 3.05) is 32.0 Å². The van der Waals surface area contributed by atoms with E-state index in [-0.39, 0.29) is 36.0 Å². The molecule has 0 spiro atoms. The highest BCUT2D eigenvalue weighted by atomic mass is 35.5. The fourth-order valence-corrected chi connectivity index (χ4v) is 5.97. The van der Waals surface area contributed by atoms with Crippen molar-refractivity contribution >= 4 is 27.5 Å². The molecule has 2 N–H and O–H groups in total. The number of sulfonamides is 1. The molecule has 9 nitrogen and oxygen atoms in total. The average Bonchev–Trinajstić information content (AvgIpc) is 3.13. The van der Waals surface area contributed by atoms with Crippen LogP contribution < -0.4 is 5.32 Å². The largest absolute Gasteiger partial charge is 0.376 e. The predicted octanol–water partition coefficient (Wildman–Crippen LogP) is 2.31. The van der Waals surface area contributed by atoms with Gasteiger partial charge in [0, 0.05) is 38.6 Å². The third-order valence-electron chi connectivity index (χ3n) is 6.19. The number of hydrogen-bond donors (Lipinski definition) is 2.